The van der Waals surface area contributed by atoms with Gasteiger partial charge in [-0.1, -0.05) is 20.3 Å². The van der Waals surface area contributed by atoms with Gasteiger partial charge >= 0.3 is 0 Å². The number of hydrogen-bond acceptors (Lipinski definition) is 4. The molecule has 7 nitrogen and oxygen atoms in total. The van der Waals surface area contributed by atoms with Gasteiger partial charge in [0.15, 0.2) is 5.58 Å². The van der Waals surface area contributed by atoms with Crippen LogP contribution in [0.1, 0.15) is 89.0 Å². The molecule has 0 aromatic carbocycles. The fourth-order valence-electron chi connectivity index (χ4n) is 6.62. The molecule has 0 unspecified atom stereocenters. The lowest BCUT2D eigenvalue weighted by atomic mass is 9.86. The molecular formula is C28H42N4O3. The van der Waals surface area contributed by atoms with Crippen LogP contribution in [0.25, 0.3) is 11.1 Å². The molecule has 2 aromatic heterocycles. The molecule has 1 saturated heterocycles. The maximum atomic E-state index is 13.8. The van der Waals surface area contributed by atoms with Crippen molar-refractivity contribution in [2.45, 2.75) is 103 Å². The van der Waals surface area contributed by atoms with Crippen LogP contribution in [0, 0.1) is 5.92 Å². The molecule has 1 saturated carbocycles. The lowest BCUT2D eigenvalue weighted by Gasteiger charge is -2.45. The summed E-state index contributed by atoms with van der Waals surface area (Å²) in [6.07, 6.45) is 11.9. The van der Waals surface area contributed by atoms with Crippen molar-refractivity contribution in [3.8, 4) is 0 Å². The molecule has 35 heavy (non-hydrogen) atoms. The number of nitrogens with one attached hydrogen (secondary N) is 1. The summed E-state index contributed by atoms with van der Waals surface area (Å²) < 4.78 is 7.58. The lowest BCUT2D eigenvalue weighted by Crippen LogP contribution is -2.65. The summed E-state index contributed by atoms with van der Waals surface area (Å²) in [4.78, 5) is 32.1. The van der Waals surface area contributed by atoms with Gasteiger partial charge in [0, 0.05) is 37.3 Å². The van der Waals surface area contributed by atoms with E-state index in [1.165, 1.54) is 25.7 Å². The third-order valence-corrected chi connectivity index (χ3v) is 8.94. The van der Waals surface area contributed by atoms with E-state index < -0.39 is 5.54 Å². The number of amides is 2. The number of hydrogen-bond donors (Lipinski definition) is 1. The van der Waals surface area contributed by atoms with Gasteiger partial charge in [-0.25, -0.2) is 0 Å². The monoisotopic (exact) mass is 482 g/mol. The van der Waals surface area contributed by atoms with Crippen LogP contribution in [0.3, 0.4) is 0 Å². The average molecular weight is 483 g/mol. The van der Waals surface area contributed by atoms with E-state index in [1.54, 1.807) is 6.26 Å². The number of fused-ring (bicyclic) bond motifs is 3. The smallest absolute Gasteiger partial charge is 0.271 e. The van der Waals surface area contributed by atoms with E-state index in [4.69, 9.17) is 4.42 Å². The Balaban J connectivity index is 1.36. The molecule has 0 radical (unpaired) electrons. The fraction of sp³-hybridized carbons (Fsp3) is 0.714. The lowest BCUT2D eigenvalue weighted by molar-refractivity contribution is -0.133. The first-order valence-corrected chi connectivity index (χ1v) is 13.8. The van der Waals surface area contributed by atoms with E-state index in [9.17, 15) is 9.59 Å². The normalized spacial score (nSPS) is 30.0. The molecule has 4 heterocycles. The molecular weight excluding hydrogens is 440 g/mol. The standard InChI is InChI=1S/C28H42N4O3/c1-4-22-8-5-6-14-30(22)15-7-16-32-26(33)24-18-25-23(13-17-35-25)31(24)19-28(32,3)27(34)29-21-11-9-20(2)10-12-21/h13,17-18,20-22H,4-12,14-16,19H2,1-3H3,(H,29,34)/t20?,21?,22-,28+/m1/s1. The van der Waals surface area contributed by atoms with E-state index >= 15 is 0 Å². The third-order valence-electron chi connectivity index (χ3n) is 8.94. The maximum Gasteiger partial charge on any atom is 0.271 e. The number of nitrogens with zero attached hydrogens (tertiary/aromatic N) is 3. The molecule has 0 bridgehead atoms. The fourth-order valence-corrected chi connectivity index (χ4v) is 6.62. The average Bonchev–Trinajstić information content (AvgIpc) is 3.45. The van der Waals surface area contributed by atoms with Crippen LogP contribution in [0.2, 0.25) is 0 Å². The zero-order chi connectivity index (χ0) is 24.6. The SMILES string of the molecule is CC[C@@H]1CCCCN1CCCN1C(=O)c2cc3occc3n2C[C@@]1(C)C(=O)NC1CCC(C)CC1. The highest BCUT2D eigenvalue weighted by Gasteiger charge is 2.48. The van der Waals surface area contributed by atoms with Crippen LogP contribution in [-0.4, -0.2) is 63.4 Å². The molecule has 2 amide bonds. The molecule has 2 fully saturated rings. The second-order valence-electron chi connectivity index (χ2n) is 11.4. The summed E-state index contributed by atoms with van der Waals surface area (Å²) in [7, 11) is 0. The zero-order valence-corrected chi connectivity index (χ0v) is 21.7. The number of carbonyl (C=O) groups excluding carboxylic acids is 2. The quantitative estimate of drug-likeness (QED) is 0.616. The number of furan rings is 1. The molecule has 192 valence electrons. The summed E-state index contributed by atoms with van der Waals surface area (Å²) in [5.74, 6) is 0.638. The van der Waals surface area contributed by atoms with Crippen LogP contribution in [0.4, 0.5) is 0 Å². The maximum absolute atomic E-state index is 13.8. The highest BCUT2D eigenvalue weighted by molar-refractivity contribution is 6.02. The Morgan fingerprint density at radius 2 is 1.97 bits per heavy atom. The first-order chi connectivity index (χ1) is 16.9. The summed E-state index contributed by atoms with van der Waals surface area (Å²) in [5.41, 5.74) is 1.29. The molecule has 1 aliphatic carbocycles. The van der Waals surface area contributed by atoms with Crippen molar-refractivity contribution in [2.24, 2.45) is 5.92 Å². The largest absolute Gasteiger partial charge is 0.463 e. The number of rotatable bonds is 7. The van der Waals surface area contributed by atoms with Gasteiger partial charge in [-0.15, -0.1) is 0 Å². The molecule has 0 spiro atoms. The van der Waals surface area contributed by atoms with E-state index in [0.29, 0.717) is 30.4 Å². The Bertz CT molecular complexity index is 1050. The summed E-state index contributed by atoms with van der Waals surface area (Å²) in [5, 5.41) is 3.34. The minimum absolute atomic E-state index is 0.0224. The second-order valence-corrected chi connectivity index (χ2v) is 11.4. The van der Waals surface area contributed by atoms with Gasteiger partial charge in [0.05, 0.1) is 18.3 Å². The first-order valence-electron chi connectivity index (χ1n) is 13.8. The molecule has 2 atom stereocenters. The Labute approximate surface area is 209 Å². The number of piperidine rings is 1. The summed E-state index contributed by atoms with van der Waals surface area (Å²) >= 11 is 0. The van der Waals surface area contributed by atoms with Crippen LogP contribution < -0.4 is 5.32 Å². The van der Waals surface area contributed by atoms with E-state index in [2.05, 4.69) is 24.1 Å². The Morgan fingerprint density at radius 1 is 1.17 bits per heavy atom. The molecule has 5 rings (SSSR count). The van der Waals surface area contributed by atoms with Crippen molar-refractivity contribution in [1.82, 2.24) is 19.7 Å². The number of carbonyl (C=O) groups is 2. The van der Waals surface area contributed by atoms with E-state index in [0.717, 1.165) is 56.6 Å². The van der Waals surface area contributed by atoms with Crippen molar-refractivity contribution in [1.29, 1.82) is 0 Å². The van der Waals surface area contributed by atoms with Crippen LogP contribution in [0.5, 0.6) is 0 Å². The highest BCUT2D eigenvalue weighted by Crippen LogP contribution is 2.34. The van der Waals surface area contributed by atoms with Crippen molar-refractivity contribution < 1.29 is 14.0 Å². The Morgan fingerprint density at radius 3 is 2.74 bits per heavy atom. The molecule has 3 aliphatic rings. The summed E-state index contributed by atoms with van der Waals surface area (Å²) in [6, 6.07) is 4.58. The number of aromatic nitrogens is 1. The topological polar surface area (TPSA) is 70.7 Å². The van der Waals surface area contributed by atoms with Crippen molar-refractivity contribution in [3.05, 3.63) is 24.1 Å². The molecule has 1 N–H and O–H groups in total. The van der Waals surface area contributed by atoms with Crippen molar-refractivity contribution >= 4 is 22.9 Å². The third kappa shape index (κ3) is 4.64. The molecule has 2 aromatic rings. The highest BCUT2D eigenvalue weighted by atomic mass is 16.3. The molecule has 2 aliphatic heterocycles. The second kappa shape index (κ2) is 10.00. The van der Waals surface area contributed by atoms with Crippen molar-refractivity contribution in [2.75, 3.05) is 19.6 Å². The Kier molecular flexibility index (Phi) is 6.97. The van der Waals surface area contributed by atoms with Crippen LogP contribution in [0.15, 0.2) is 22.8 Å². The minimum atomic E-state index is -0.928. The minimum Gasteiger partial charge on any atom is -0.463 e. The van der Waals surface area contributed by atoms with E-state index in [1.807, 2.05) is 28.5 Å². The Hall–Kier alpha value is -2.28. The van der Waals surface area contributed by atoms with Gasteiger partial charge in [0.25, 0.3) is 5.91 Å². The number of likely N-dealkylation sites (tertiary alicyclic amines) is 1. The van der Waals surface area contributed by atoms with Gasteiger partial charge in [-0.05, 0) is 70.8 Å². The first kappa shape index (κ1) is 24.4. The predicted molar refractivity (Wildman–Crippen MR) is 137 cm³/mol. The van der Waals surface area contributed by atoms with Gasteiger partial charge < -0.3 is 24.1 Å². The zero-order valence-electron chi connectivity index (χ0n) is 21.7. The summed E-state index contributed by atoms with van der Waals surface area (Å²) in [6.45, 7) is 9.67. The van der Waals surface area contributed by atoms with Crippen LogP contribution >= 0.6 is 0 Å². The van der Waals surface area contributed by atoms with Gasteiger partial charge in [0.1, 0.15) is 11.2 Å². The van der Waals surface area contributed by atoms with Gasteiger partial charge in [0.2, 0.25) is 5.91 Å². The van der Waals surface area contributed by atoms with Crippen molar-refractivity contribution in [3.63, 3.8) is 0 Å². The van der Waals surface area contributed by atoms with Gasteiger partial charge in [-0.2, -0.15) is 0 Å². The van der Waals surface area contributed by atoms with E-state index in [-0.39, 0.29) is 17.9 Å². The van der Waals surface area contributed by atoms with Gasteiger partial charge in [-0.3, -0.25) is 9.59 Å². The molecule has 7 heteroatoms. The van der Waals surface area contributed by atoms with Crippen LogP contribution in [-0.2, 0) is 11.3 Å². The predicted octanol–water partition coefficient (Wildman–Crippen LogP) is 4.80.